The van der Waals surface area contributed by atoms with Crippen LogP contribution < -0.4 is 5.73 Å². The number of hydrogen-bond donors (Lipinski definition) is 1. The zero-order valence-corrected chi connectivity index (χ0v) is 18.1. The molecule has 0 saturated heterocycles. The fourth-order valence-corrected chi connectivity index (χ4v) is 3.46. The molecule has 0 aliphatic heterocycles. The molecule has 0 saturated carbocycles. The van der Waals surface area contributed by atoms with Crippen LogP contribution in [0.3, 0.4) is 0 Å². The lowest BCUT2D eigenvalue weighted by Crippen LogP contribution is -2.23. The Hall–Kier alpha value is -1.76. The van der Waals surface area contributed by atoms with E-state index in [1.54, 1.807) is 0 Å². The number of allylic oxidation sites excluding steroid dienone is 9. The zero-order chi connectivity index (χ0) is 20.0. The summed E-state index contributed by atoms with van der Waals surface area (Å²) in [5.41, 5.74) is 16.5. The molecule has 26 heavy (non-hydrogen) atoms. The average molecular weight is 354 g/mol. The molecule has 0 heterocycles. The minimum absolute atomic E-state index is 0.181. The SMILES string of the molecule is C=C(CCC(C)C)C1=C(C)C(CC=C(C)C)=C(N)C(CC=C(C)C)C1=C. The van der Waals surface area contributed by atoms with E-state index in [0.717, 1.165) is 37.0 Å². The topological polar surface area (TPSA) is 26.0 Å². The Bertz CT molecular complexity index is 669. The first-order valence-corrected chi connectivity index (χ1v) is 9.90. The molecule has 0 fully saturated rings. The van der Waals surface area contributed by atoms with Crippen molar-refractivity contribution in [3.8, 4) is 0 Å². The van der Waals surface area contributed by atoms with Crippen LogP contribution in [0.5, 0.6) is 0 Å². The van der Waals surface area contributed by atoms with E-state index in [1.165, 1.54) is 33.4 Å². The highest BCUT2D eigenvalue weighted by molar-refractivity contribution is 5.60. The maximum absolute atomic E-state index is 6.66. The quantitative estimate of drug-likeness (QED) is 0.452. The molecule has 1 aliphatic rings. The summed E-state index contributed by atoms with van der Waals surface area (Å²) in [6, 6.07) is 0. The van der Waals surface area contributed by atoms with Crippen LogP contribution in [0.1, 0.15) is 74.1 Å². The van der Waals surface area contributed by atoms with Gasteiger partial charge in [-0.3, -0.25) is 0 Å². The zero-order valence-electron chi connectivity index (χ0n) is 18.1. The van der Waals surface area contributed by atoms with Crippen LogP contribution in [0.4, 0.5) is 0 Å². The van der Waals surface area contributed by atoms with Crippen molar-refractivity contribution >= 4 is 0 Å². The molecule has 1 heteroatoms. The molecular weight excluding hydrogens is 314 g/mol. The van der Waals surface area contributed by atoms with Crippen molar-refractivity contribution in [3.05, 3.63) is 70.0 Å². The lowest BCUT2D eigenvalue weighted by atomic mass is 9.74. The van der Waals surface area contributed by atoms with Gasteiger partial charge in [0.05, 0.1) is 0 Å². The third-order valence-corrected chi connectivity index (χ3v) is 5.15. The van der Waals surface area contributed by atoms with Crippen molar-refractivity contribution < 1.29 is 0 Å². The Morgan fingerprint density at radius 1 is 1.12 bits per heavy atom. The third-order valence-electron chi connectivity index (χ3n) is 5.15. The molecule has 0 spiro atoms. The summed E-state index contributed by atoms with van der Waals surface area (Å²) in [5, 5.41) is 0. The van der Waals surface area contributed by atoms with E-state index in [9.17, 15) is 0 Å². The molecule has 0 radical (unpaired) electrons. The molecule has 0 bridgehead atoms. The summed E-state index contributed by atoms with van der Waals surface area (Å²) in [7, 11) is 0. The van der Waals surface area contributed by atoms with Gasteiger partial charge < -0.3 is 5.73 Å². The van der Waals surface area contributed by atoms with Crippen molar-refractivity contribution in [1.82, 2.24) is 0 Å². The third kappa shape index (κ3) is 5.90. The van der Waals surface area contributed by atoms with Gasteiger partial charge >= 0.3 is 0 Å². The summed E-state index contributed by atoms with van der Waals surface area (Å²) < 4.78 is 0. The van der Waals surface area contributed by atoms with Gasteiger partial charge in [0, 0.05) is 11.6 Å². The summed E-state index contributed by atoms with van der Waals surface area (Å²) in [6.45, 7) is 24.2. The molecule has 1 nitrogen and oxygen atoms in total. The standard InChI is InChI=1S/C25H39N/c1-16(2)10-13-19(7)24-20(8)22(14-11-17(3)4)25(26)23(21(24)9)15-12-18(5)6/h11-12,16,22H,7-8,10,13-15,26H2,1-6,9H3. The predicted molar refractivity (Wildman–Crippen MR) is 118 cm³/mol. The Morgan fingerprint density at radius 3 is 2.19 bits per heavy atom. The van der Waals surface area contributed by atoms with Crippen LogP contribution in [0.25, 0.3) is 0 Å². The largest absolute Gasteiger partial charge is 0.401 e. The molecule has 0 aromatic heterocycles. The van der Waals surface area contributed by atoms with Crippen LogP contribution in [0.2, 0.25) is 0 Å². The van der Waals surface area contributed by atoms with E-state index in [-0.39, 0.29) is 5.92 Å². The van der Waals surface area contributed by atoms with E-state index < -0.39 is 0 Å². The highest BCUT2D eigenvalue weighted by Crippen LogP contribution is 2.42. The van der Waals surface area contributed by atoms with Crippen molar-refractivity contribution in [2.24, 2.45) is 17.6 Å². The number of nitrogens with two attached hydrogens (primary N) is 1. The fourth-order valence-electron chi connectivity index (χ4n) is 3.46. The summed E-state index contributed by atoms with van der Waals surface area (Å²) in [4.78, 5) is 0. The van der Waals surface area contributed by atoms with Gasteiger partial charge in [0.1, 0.15) is 0 Å². The molecule has 2 N–H and O–H groups in total. The molecule has 0 amide bonds. The second kappa shape index (κ2) is 9.80. The van der Waals surface area contributed by atoms with Gasteiger partial charge in [-0.1, -0.05) is 50.3 Å². The Morgan fingerprint density at radius 2 is 1.69 bits per heavy atom. The molecule has 1 atom stereocenters. The highest BCUT2D eigenvalue weighted by Gasteiger charge is 2.29. The predicted octanol–water partition coefficient (Wildman–Crippen LogP) is 7.41. The van der Waals surface area contributed by atoms with Crippen molar-refractivity contribution in [3.63, 3.8) is 0 Å². The highest BCUT2D eigenvalue weighted by atomic mass is 14.6. The second-order valence-corrected chi connectivity index (χ2v) is 8.55. The van der Waals surface area contributed by atoms with E-state index in [2.05, 4.69) is 73.8 Å². The van der Waals surface area contributed by atoms with E-state index in [0.29, 0.717) is 5.92 Å². The minimum Gasteiger partial charge on any atom is -0.401 e. The molecule has 1 unspecified atom stereocenters. The number of hydrogen-bond acceptors (Lipinski definition) is 1. The lowest BCUT2D eigenvalue weighted by molar-refractivity contribution is 0.584. The van der Waals surface area contributed by atoms with Gasteiger partial charge in [-0.05, 0) is 94.1 Å². The number of rotatable bonds is 8. The summed E-state index contributed by atoms with van der Waals surface area (Å²) >= 11 is 0. The minimum atomic E-state index is 0.181. The van der Waals surface area contributed by atoms with Crippen LogP contribution in [-0.2, 0) is 0 Å². The summed E-state index contributed by atoms with van der Waals surface area (Å²) in [6.07, 6.45) is 8.53. The lowest BCUT2D eigenvalue weighted by Gasteiger charge is -2.32. The molecule has 0 aromatic rings. The normalized spacial score (nSPS) is 17.7. The van der Waals surface area contributed by atoms with E-state index >= 15 is 0 Å². The average Bonchev–Trinajstić information content (AvgIpc) is 2.51. The first-order chi connectivity index (χ1) is 12.1. The molecule has 144 valence electrons. The maximum Gasteiger partial charge on any atom is 0.0273 e. The van der Waals surface area contributed by atoms with Crippen LogP contribution in [-0.4, -0.2) is 0 Å². The van der Waals surface area contributed by atoms with Gasteiger partial charge in [0.25, 0.3) is 0 Å². The molecule has 0 aromatic carbocycles. The van der Waals surface area contributed by atoms with Crippen molar-refractivity contribution in [2.45, 2.75) is 74.1 Å². The van der Waals surface area contributed by atoms with E-state index in [1.807, 2.05) is 0 Å². The van der Waals surface area contributed by atoms with Crippen LogP contribution in [0, 0.1) is 11.8 Å². The van der Waals surface area contributed by atoms with Crippen molar-refractivity contribution in [1.29, 1.82) is 0 Å². The smallest absolute Gasteiger partial charge is 0.0273 e. The Balaban J connectivity index is 3.35. The van der Waals surface area contributed by atoms with Gasteiger partial charge in [-0.25, -0.2) is 0 Å². The molecule has 1 rings (SSSR count). The van der Waals surface area contributed by atoms with Gasteiger partial charge in [-0.15, -0.1) is 0 Å². The van der Waals surface area contributed by atoms with Crippen LogP contribution >= 0.6 is 0 Å². The fraction of sp³-hybridized carbons (Fsp3) is 0.520. The molecular formula is C25H39N. The monoisotopic (exact) mass is 353 g/mol. The van der Waals surface area contributed by atoms with Crippen LogP contribution in [0.15, 0.2) is 70.0 Å². The second-order valence-electron chi connectivity index (χ2n) is 8.55. The first kappa shape index (κ1) is 22.3. The molecule has 1 aliphatic carbocycles. The maximum atomic E-state index is 6.66. The van der Waals surface area contributed by atoms with Gasteiger partial charge in [-0.2, -0.15) is 0 Å². The van der Waals surface area contributed by atoms with E-state index in [4.69, 9.17) is 5.73 Å². The summed E-state index contributed by atoms with van der Waals surface area (Å²) in [5.74, 6) is 0.858. The first-order valence-electron chi connectivity index (χ1n) is 9.90. The van der Waals surface area contributed by atoms with Crippen molar-refractivity contribution in [2.75, 3.05) is 0 Å². The Labute approximate surface area is 162 Å². The van der Waals surface area contributed by atoms with Gasteiger partial charge in [0.2, 0.25) is 0 Å². The Kier molecular flexibility index (Phi) is 8.40. The van der Waals surface area contributed by atoms with Gasteiger partial charge in [0.15, 0.2) is 0 Å².